The number of hydrogen-bond acceptors (Lipinski definition) is 2. The van der Waals surface area contributed by atoms with Gasteiger partial charge in [-0.15, -0.1) is 0 Å². The first-order valence-electron chi connectivity index (χ1n) is 5.27. The molecule has 1 aliphatic heterocycles. The molecule has 2 nitrogen and oxygen atoms in total. The third-order valence-corrected chi connectivity index (χ3v) is 2.49. The van der Waals surface area contributed by atoms with Crippen LogP contribution < -0.4 is 5.73 Å². The van der Waals surface area contributed by atoms with E-state index in [2.05, 4.69) is 11.8 Å². The molecule has 1 aliphatic rings. The normalized spacial score (nSPS) is 24.5. The van der Waals surface area contributed by atoms with E-state index in [0.29, 0.717) is 6.04 Å². The molecule has 0 aromatic carbocycles. The van der Waals surface area contributed by atoms with Gasteiger partial charge >= 0.3 is 0 Å². The Balaban J connectivity index is 2.20. The molecule has 0 radical (unpaired) electrons. The van der Waals surface area contributed by atoms with Gasteiger partial charge in [-0.3, -0.25) is 0 Å². The summed E-state index contributed by atoms with van der Waals surface area (Å²) in [6, 6.07) is 0.337. The average Bonchev–Trinajstić information content (AvgIpc) is 1.93. The SMILES string of the molecule is CC(N)CN1CCCCCCC1. The Morgan fingerprint density at radius 3 is 2.08 bits per heavy atom. The van der Waals surface area contributed by atoms with Crippen LogP contribution >= 0.6 is 0 Å². The van der Waals surface area contributed by atoms with E-state index in [1.165, 1.54) is 45.2 Å². The van der Waals surface area contributed by atoms with Crippen LogP contribution in [0.4, 0.5) is 0 Å². The first-order chi connectivity index (χ1) is 5.79. The molecule has 2 N–H and O–H groups in total. The van der Waals surface area contributed by atoms with Crippen molar-refractivity contribution in [2.75, 3.05) is 19.6 Å². The van der Waals surface area contributed by atoms with Gasteiger partial charge in [-0.1, -0.05) is 19.3 Å². The van der Waals surface area contributed by atoms with Crippen LogP contribution in [0.1, 0.15) is 39.0 Å². The molecule has 0 saturated carbocycles. The van der Waals surface area contributed by atoms with Crippen molar-refractivity contribution in [1.29, 1.82) is 0 Å². The number of hydrogen-bond donors (Lipinski definition) is 1. The van der Waals surface area contributed by atoms with Crippen molar-refractivity contribution >= 4 is 0 Å². The lowest BCUT2D eigenvalue weighted by molar-refractivity contribution is 0.237. The molecule has 0 aliphatic carbocycles. The zero-order chi connectivity index (χ0) is 8.81. The fourth-order valence-electron chi connectivity index (χ4n) is 1.90. The lowest BCUT2D eigenvalue weighted by atomic mass is 10.1. The highest BCUT2D eigenvalue weighted by Gasteiger charge is 2.08. The minimum Gasteiger partial charge on any atom is -0.327 e. The molecule has 1 atom stereocenters. The minimum absolute atomic E-state index is 0.337. The van der Waals surface area contributed by atoms with Gasteiger partial charge in [0.15, 0.2) is 0 Å². The Labute approximate surface area is 76.1 Å². The molecular formula is C10H22N2. The number of nitrogens with zero attached hydrogens (tertiary/aromatic N) is 1. The molecule has 2 heteroatoms. The smallest absolute Gasteiger partial charge is 0.0139 e. The van der Waals surface area contributed by atoms with E-state index in [9.17, 15) is 0 Å². The van der Waals surface area contributed by atoms with Crippen LogP contribution in [0.25, 0.3) is 0 Å². The maximum atomic E-state index is 5.77. The first-order valence-corrected chi connectivity index (χ1v) is 5.27. The number of likely N-dealkylation sites (tertiary alicyclic amines) is 1. The standard InChI is InChI=1S/C10H22N2/c1-10(11)9-12-7-5-3-2-4-6-8-12/h10H,2-9,11H2,1H3. The summed E-state index contributed by atoms with van der Waals surface area (Å²) in [4.78, 5) is 2.52. The Bertz CT molecular complexity index is 104. The molecule has 0 aromatic rings. The van der Waals surface area contributed by atoms with Crippen LogP contribution in [-0.2, 0) is 0 Å². The van der Waals surface area contributed by atoms with Gasteiger partial charge in [0, 0.05) is 12.6 Å². The largest absolute Gasteiger partial charge is 0.327 e. The van der Waals surface area contributed by atoms with Crippen molar-refractivity contribution < 1.29 is 0 Å². The van der Waals surface area contributed by atoms with Crippen LogP contribution in [0, 0.1) is 0 Å². The molecular weight excluding hydrogens is 148 g/mol. The van der Waals surface area contributed by atoms with Gasteiger partial charge in [0.25, 0.3) is 0 Å². The zero-order valence-corrected chi connectivity index (χ0v) is 8.26. The van der Waals surface area contributed by atoms with E-state index in [4.69, 9.17) is 5.73 Å². The molecule has 12 heavy (non-hydrogen) atoms. The summed E-state index contributed by atoms with van der Waals surface area (Å²) in [5, 5.41) is 0. The van der Waals surface area contributed by atoms with E-state index < -0.39 is 0 Å². The predicted octanol–water partition coefficient (Wildman–Crippen LogP) is 1.60. The second-order valence-corrected chi connectivity index (χ2v) is 4.05. The Hall–Kier alpha value is -0.0800. The maximum Gasteiger partial charge on any atom is 0.0139 e. The lowest BCUT2D eigenvalue weighted by Gasteiger charge is -2.25. The average molecular weight is 170 g/mol. The zero-order valence-electron chi connectivity index (χ0n) is 8.26. The highest BCUT2D eigenvalue weighted by Crippen LogP contribution is 2.10. The van der Waals surface area contributed by atoms with Crippen molar-refractivity contribution in [3.8, 4) is 0 Å². The lowest BCUT2D eigenvalue weighted by Crippen LogP contribution is -2.37. The van der Waals surface area contributed by atoms with Crippen LogP contribution in [-0.4, -0.2) is 30.6 Å². The Kier molecular flexibility index (Phi) is 4.62. The van der Waals surface area contributed by atoms with Gasteiger partial charge in [-0.25, -0.2) is 0 Å². The summed E-state index contributed by atoms with van der Waals surface area (Å²) in [6.07, 6.45) is 7.00. The topological polar surface area (TPSA) is 29.3 Å². The van der Waals surface area contributed by atoms with Crippen LogP contribution in [0.15, 0.2) is 0 Å². The van der Waals surface area contributed by atoms with Gasteiger partial charge in [0.05, 0.1) is 0 Å². The fourth-order valence-corrected chi connectivity index (χ4v) is 1.90. The van der Waals surface area contributed by atoms with E-state index in [-0.39, 0.29) is 0 Å². The van der Waals surface area contributed by atoms with Crippen molar-refractivity contribution in [1.82, 2.24) is 4.90 Å². The van der Waals surface area contributed by atoms with Gasteiger partial charge in [-0.2, -0.15) is 0 Å². The first kappa shape index (κ1) is 10.0. The molecule has 0 bridgehead atoms. The van der Waals surface area contributed by atoms with Crippen LogP contribution in [0.3, 0.4) is 0 Å². The maximum absolute atomic E-state index is 5.77. The Morgan fingerprint density at radius 2 is 1.58 bits per heavy atom. The quantitative estimate of drug-likeness (QED) is 0.682. The van der Waals surface area contributed by atoms with Crippen molar-refractivity contribution in [3.05, 3.63) is 0 Å². The summed E-state index contributed by atoms with van der Waals surface area (Å²) >= 11 is 0. The number of nitrogens with two attached hydrogens (primary N) is 1. The van der Waals surface area contributed by atoms with E-state index in [1.54, 1.807) is 0 Å². The van der Waals surface area contributed by atoms with E-state index in [1.807, 2.05) is 0 Å². The molecule has 1 saturated heterocycles. The Morgan fingerprint density at radius 1 is 1.08 bits per heavy atom. The second kappa shape index (κ2) is 5.55. The molecule has 0 aromatic heterocycles. The third-order valence-electron chi connectivity index (χ3n) is 2.49. The van der Waals surface area contributed by atoms with E-state index >= 15 is 0 Å². The molecule has 1 rings (SSSR count). The van der Waals surface area contributed by atoms with E-state index in [0.717, 1.165) is 6.54 Å². The summed E-state index contributed by atoms with van der Waals surface area (Å²) in [5.41, 5.74) is 5.77. The second-order valence-electron chi connectivity index (χ2n) is 4.05. The van der Waals surface area contributed by atoms with Crippen molar-refractivity contribution in [3.63, 3.8) is 0 Å². The fraction of sp³-hybridized carbons (Fsp3) is 1.00. The predicted molar refractivity (Wildman–Crippen MR) is 53.2 cm³/mol. The van der Waals surface area contributed by atoms with Gasteiger partial charge in [0.1, 0.15) is 0 Å². The van der Waals surface area contributed by atoms with Gasteiger partial charge in [0.2, 0.25) is 0 Å². The molecule has 72 valence electrons. The number of rotatable bonds is 2. The summed E-state index contributed by atoms with van der Waals surface area (Å²) < 4.78 is 0. The summed E-state index contributed by atoms with van der Waals surface area (Å²) in [7, 11) is 0. The molecule has 1 unspecified atom stereocenters. The highest BCUT2D eigenvalue weighted by atomic mass is 15.1. The van der Waals surface area contributed by atoms with Crippen molar-refractivity contribution in [2.45, 2.75) is 45.1 Å². The molecule has 0 amide bonds. The molecule has 1 fully saturated rings. The third kappa shape index (κ3) is 4.07. The summed E-state index contributed by atoms with van der Waals surface area (Å²) in [5.74, 6) is 0. The van der Waals surface area contributed by atoms with Gasteiger partial charge < -0.3 is 10.6 Å². The van der Waals surface area contributed by atoms with Crippen LogP contribution in [0.5, 0.6) is 0 Å². The van der Waals surface area contributed by atoms with Gasteiger partial charge in [-0.05, 0) is 32.9 Å². The van der Waals surface area contributed by atoms with Crippen LogP contribution in [0.2, 0.25) is 0 Å². The molecule has 0 spiro atoms. The highest BCUT2D eigenvalue weighted by molar-refractivity contribution is 4.66. The monoisotopic (exact) mass is 170 g/mol. The summed E-state index contributed by atoms with van der Waals surface area (Å²) in [6.45, 7) is 5.71. The minimum atomic E-state index is 0.337. The van der Waals surface area contributed by atoms with Crippen molar-refractivity contribution in [2.24, 2.45) is 5.73 Å². The molecule has 1 heterocycles.